The SMILES string of the molecule is CCNC(=NCc1cccc(COC)c1)NC1CCN(c2cc(OC)cc(OC)c2)CC1.I. The second-order valence-corrected chi connectivity index (χ2v) is 7.92. The summed E-state index contributed by atoms with van der Waals surface area (Å²) in [5.74, 6) is 2.50. The van der Waals surface area contributed by atoms with Crippen LogP contribution >= 0.6 is 24.0 Å². The van der Waals surface area contributed by atoms with Crippen molar-refractivity contribution in [3.63, 3.8) is 0 Å². The van der Waals surface area contributed by atoms with Crippen LogP contribution in [-0.2, 0) is 17.9 Å². The summed E-state index contributed by atoms with van der Waals surface area (Å²) < 4.78 is 16.1. The third-order valence-electron chi connectivity index (χ3n) is 5.60. The maximum Gasteiger partial charge on any atom is 0.191 e. The number of ether oxygens (including phenoxy) is 3. The largest absolute Gasteiger partial charge is 0.497 e. The van der Waals surface area contributed by atoms with E-state index >= 15 is 0 Å². The Morgan fingerprint density at radius 3 is 2.27 bits per heavy atom. The van der Waals surface area contributed by atoms with E-state index in [9.17, 15) is 0 Å². The molecular weight excluding hydrogens is 531 g/mol. The van der Waals surface area contributed by atoms with Crippen LogP contribution in [0, 0.1) is 0 Å². The van der Waals surface area contributed by atoms with Gasteiger partial charge in [-0.1, -0.05) is 24.3 Å². The molecule has 33 heavy (non-hydrogen) atoms. The lowest BCUT2D eigenvalue weighted by Crippen LogP contribution is -2.48. The van der Waals surface area contributed by atoms with Crippen LogP contribution in [0.15, 0.2) is 47.5 Å². The molecule has 0 amide bonds. The molecule has 0 bridgehead atoms. The highest BCUT2D eigenvalue weighted by Crippen LogP contribution is 2.30. The number of methoxy groups -OCH3 is 3. The zero-order chi connectivity index (χ0) is 22.8. The van der Waals surface area contributed by atoms with Gasteiger partial charge in [0.05, 0.1) is 27.4 Å². The van der Waals surface area contributed by atoms with Gasteiger partial charge in [0.2, 0.25) is 0 Å². The Bertz CT molecular complexity index is 863. The van der Waals surface area contributed by atoms with E-state index in [1.165, 1.54) is 11.1 Å². The molecule has 0 unspecified atom stereocenters. The Morgan fingerprint density at radius 2 is 1.67 bits per heavy atom. The molecule has 0 spiro atoms. The molecule has 1 fully saturated rings. The molecule has 0 aromatic heterocycles. The van der Waals surface area contributed by atoms with Crippen molar-refractivity contribution in [2.24, 2.45) is 4.99 Å². The molecule has 2 N–H and O–H groups in total. The second kappa shape index (κ2) is 14.1. The van der Waals surface area contributed by atoms with Gasteiger partial charge < -0.3 is 29.7 Å². The van der Waals surface area contributed by atoms with E-state index in [4.69, 9.17) is 19.2 Å². The van der Waals surface area contributed by atoms with Gasteiger partial charge in [-0.3, -0.25) is 0 Å². The number of hydrogen-bond acceptors (Lipinski definition) is 5. The van der Waals surface area contributed by atoms with Crippen molar-refractivity contribution < 1.29 is 14.2 Å². The van der Waals surface area contributed by atoms with Gasteiger partial charge in [-0.25, -0.2) is 4.99 Å². The normalized spacial score (nSPS) is 14.4. The van der Waals surface area contributed by atoms with E-state index < -0.39 is 0 Å². The molecule has 8 heteroatoms. The van der Waals surface area contributed by atoms with Crippen molar-refractivity contribution in [2.45, 2.75) is 39.0 Å². The summed E-state index contributed by atoms with van der Waals surface area (Å²) in [6, 6.07) is 14.8. The molecule has 2 aromatic carbocycles. The van der Waals surface area contributed by atoms with Gasteiger partial charge >= 0.3 is 0 Å². The van der Waals surface area contributed by atoms with Crippen LogP contribution in [0.25, 0.3) is 0 Å². The fraction of sp³-hybridized carbons (Fsp3) is 0.480. The lowest BCUT2D eigenvalue weighted by molar-refractivity contribution is 0.185. The van der Waals surface area contributed by atoms with Crippen molar-refractivity contribution in [3.8, 4) is 11.5 Å². The molecule has 1 aliphatic heterocycles. The van der Waals surface area contributed by atoms with Crippen LogP contribution in [0.2, 0.25) is 0 Å². The maximum atomic E-state index is 5.42. The first kappa shape index (κ1) is 27.0. The highest BCUT2D eigenvalue weighted by molar-refractivity contribution is 14.0. The minimum Gasteiger partial charge on any atom is -0.497 e. The number of guanidine groups is 1. The summed E-state index contributed by atoms with van der Waals surface area (Å²) in [6.45, 7) is 6.11. The highest BCUT2D eigenvalue weighted by Gasteiger charge is 2.21. The zero-order valence-electron chi connectivity index (χ0n) is 20.1. The summed E-state index contributed by atoms with van der Waals surface area (Å²) in [6.07, 6.45) is 2.07. The van der Waals surface area contributed by atoms with E-state index in [1.54, 1.807) is 21.3 Å². The summed E-state index contributed by atoms with van der Waals surface area (Å²) >= 11 is 0. The van der Waals surface area contributed by atoms with Crippen molar-refractivity contribution in [1.82, 2.24) is 10.6 Å². The molecular formula is C25H37IN4O3. The molecule has 0 aliphatic carbocycles. The summed E-state index contributed by atoms with van der Waals surface area (Å²) in [5.41, 5.74) is 3.48. The molecule has 0 saturated carbocycles. The fourth-order valence-electron chi connectivity index (χ4n) is 3.93. The van der Waals surface area contributed by atoms with Crippen LogP contribution in [0.1, 0.15) is 30.9 Å². The molecule has 1 aliphatic rings. The van der Waals surface area contributed by atoms with Crippen molar-refractivity contribution in [2.75, 3.05) is 45.9 Å². The Kier molecular flexibility index (Phi) is 11.6. The van der Waals surface area contributed by atoms with E-state index in [2.05, 4.69) is 58.9 Å². The molecule has 2 aromatic rings. The van der Waals surface area contributed by atoms with Gasteiger partial charge in [-0.2, -0.15) is 0 Å². The fourth-order valence-corrected chi connectivity index (χ4v) is 3.93. The summed E-state index contributed by atoms with van der Waals surface area (Å²) in [5, 5.41) is 7.00. The van der Waals surface area contributed by atoms with Gasteiger partial charge in [0, 0.05) is 56.7 Å². The van der Waals surface area contributed by atoms with Crippen LogP contribution in [0.5, 0.6) is 11.5 Å². The highest BCUT2D eigenvalue weighted by atomic mass is 127. The number of anilines is 1. The van der Waals surface area contributed by atoms with Gasteiger partial charge in [0.25, 0.3) is 0 Å². The Balaban J connectivity index is 0.00000385. The summed E-state index contributed by atoms with van der Waals surface area (Å²) in [4.78, 5) is 7.19. The third-order valence-corrected chi connectivity index (χ3v) is 5.60. The molecule has 0 radical (unpaired) electrons. The van der Waals surface area contributed by atoms with Crippen LogP contribution in [-0.4, -0.2) is 53.0 Å². The number of rotatable bonds is 9. The standard InChI is InChI=1S/C25H36N4O3.HI/c1-5-26-25(27-17-19-7-6-8-20(13-19)18-30-2)28-21-9-11-29(12-10-21)22-14-23(31-3)16-24(15-22)32-4;/h6-8,13-16,21H,5,9-12,17-18H2,1-4H3,(H2,26,27,28);1H. The average molecular weight is 569 g/mol. The predicted octanol–water partition coefficient (Wildman–Crippen LogP) is 4.19. The molecule has 3 rings (SSSR count). The van der Waals surface area contributed by atoms with Crippen molar-refractivity contribution in [3.05, 3.63) is 53.6 Å². The lowest BCUT2D eigenvalue weighted by Gasteiger charge is -2.34. The van der Waals surface area contributed by atoms with Crippen LogP contribution < -0.4 is 25.0 Å². The van der Waals surface area contributed by atoms with E-state index in [0.717, 1.165) is 55.6 Å². The molecule has 1 saturated heterocycles. The number of aliphatic imine (C=N–C) groups is 1. The smallest absolute Gasteiger partial charge is 0.191 e. The Hall–Kier alpha value is -2.20. The zero-order valence-corrected chi connectivity index (χ0v) is 22.4. The first-order chi connectivity index (χ1) is 15.6. The minimum absolute atomic E-state index is 0. The van der Waals surface area contributed by atoms with Crippen molar-refractivity contribution in [1.29, 1.82) is 0 Å². The topological polar surface area (TPSA) is 67.4 Å². The van der Waals surface area contributed by atoms with E-state index in [1.807, 2.05) is 6.07 Å². The van der Waals surface area contributed by atoms with E-state index in [-0.39, 0.29) is 24.0 Å². The number of piperidine rings is 1. The quantitative estimate of drug-likeness (QED) is 0.269. The third kappa shape index (κ3) is 8.26. The number of nitrogens with one attached hydrogen (secondary N) is 2. The first-order valence-electron chi connectivity index (χ1n) is 11.2. The predicted molar refractivity (Wildman–Crippen MR) is 145 cm³/mol. The number of halogens is 1. The monoisotopic (exact) mass is 568 g/mol. The molecule has 182 valence electrons. The van der Waals surface area contributed by atoms with Gasteiger partial charge in [-0.05, 0) is 30.9 Å². The Labute approximate surface area is 214 Å². The lowest BCUT2D eigenvalue weighted by atomic mass is 10.0. The molecule has 1 heterocycles. The number of hydrogen-bond donors (Lipinski definition) is 2. The summed E-state index contributed by atoms with van der Waals surface area (Å²) in [7, 11) is 5.09. The van der Waals surface area contributed by atoms with Crippen LogP contribution in [0.4, 0.5) is 5.69 Å². The minimum atomic E-state index is 0. The molecule has 0 atom stereocenters. The van der Waals surface area contributed by atoms with Crippen molar-refractivity contribution >= 4 is 35.6 Å². The Morgan fingerprint density at radius 1 is 1.00 bits per heavy atom. The van der Waals surface area contributed by atoms with E-state index in [0.29, 0.717) is 19.2 Å². The van der Waals surface area contributed by atoms with Gasteiger partial charge in [0.1, 0.15) is 11.5 Å². The van der Waals surface area contributed by atoms with Gasteiger partial charge in [0.15, 0.2) is 5.96 Å². The van der Waals surface area contributed by atoms with Gasteiger partial charge in [-0.15, -0.1) is 24.0 Å². The number of benzene rings is 2. The maximum absolute atomic E-state index is 5.42. The molecule has 7 nitrogen and oxygen atoms in total. The average Bonchev–Trinajstić information content (AvgIpc) is 2.83. The van der Waals surface area contributed by atoms with Crippen LogP contribution in [0.3, 0.4) is 0 Å². The second-order valence-electron chi connectivity index (χ2n) is 7.92. The number of nitrogens with zero attached hydrogens (tertiary/aromatic N) is 2. The first-order valence-corrected chi connectivity index (χ1v) is 11.2.